The Morgan fingerprint density at radius 2 is 1.56 bits per heavy atom. The third-order valence-electron chi connectivity index (χ3n) is 3.57. The molecule has 130 valence electrons. The minimum absolute atomic E-state index is 0.269. The summed E-state index contributed by atoms with van der Waals surface area (Å²) in [4.78, 5) is 4.52. The first-order chi connectivity index (χ1) is 13.0. The molecule has 0 aliphatic rings. The van der Waals surface area contributed by atoms with Gasteiger partial charge in [-0.1, -0.05) is 87.5 Å². The zero-order valence-corrected chi connectivity index (χ0v) is 15.6. The van der Waals surface area contributed by atoms with Crippen molar-refractivity contribution >= 4 is 51.0 Å². The first kappa shape index (κ1) is 21.8. The van der Waals surface area contributed by atoms with E-state index in [-0.39, 0.29) is 5.61 Å². The molecular formula is C23H22B2N2. The highest BCUT2D eigenvalue weighted by Crippen LogP contribution is 2.22. The first-order valence-electron chi connectivity index (χ1n) is 8.20. The van der Waals surface area contributed by atoms with Crippen molar-refractivity contribution in [3.63, 3.8) is 0 Å². The van der Waals surface area contributed by atoms with Crippen molar-refractivity contribution in [2.24, 2.45) is 4.99 Å². The zero-order valence-electron chi connectivity index (χ0n) is 15.6. The molecule has 0 fully saturated rings. The van der Waals surface area contributed by atoms with Crippen LogP contribution in [0.4, 0.5) is 5.82 Å². The van der Waals surface area contributed by atoms with Gasteiger partial charge in [0.15, 0.2) is 0 Å². The van der Waals surface area contributed by atoms with Gasteiger partial charge in [-0.15, -0.1) is 0 Å². The summed E-state index contributed by atoms with van der Waals surface area (Å²) in [6, 6.07) is 0. The monoisotopic (exact) mass is 348 g/mol. The summed E-state index contributed by atoms with van der Waals surface area (Å²) < 4.78 is 1.89. The number of aromatic nitrogens is 1. The minimum atomic E-state index is 0.269. The number of nitrogens with zero attached hydrogens (tertiary/aromatic N) is 2. The average Bonchev–Trinajstić information content (AvgIpc) is 2.94. The van der Waals surface area contributed by atoms with Crippen LogP contribution in [-0.4, -0.2) is 25.9 Å². The molecule has 0 unspecified atom stereocenters. The van der Waals surface area contributed by atoms with Crippen LogP contribution >= 0.6 is 0 Å². The predicted molar refractivity (Wildman–Crippen MR) is 125 cm³/mol. The molecule has 1 aromatic heterocycles. The van der Waals surface area contributed by atoms with Crippen LogP contribution in [0.2, 0.25) is 0 Å². The fourth-order valence-electron chi connectivity index (χ4n) is 2.46. The van der Waals surface area contributed by atoms with Crippen molar-refractivity contribution in [3.05, 3.63) is 104 Å². The van der Waals surface area contributed by atoms with Crippen molar-refractivity contribution in [1.82, 2.24) is 4.57 Å². The van der Waals surface area contributed by atoms with E-state index >= 15 is 0 Å². The van der Waals surface area contributed by atoms with Crippen molar-refractivity contribution in [2.45, 2.75) is 0 Å². The lowest BCUT2D eigenvalue weighted by atomic mass is 9.94. The van der Waals surface area contributed by atoms with Gasteiger partial charge in [0.1, 0.15) is 21.5 Å². The van der Waals surface area contributed by atoms with Crippen LogP contribution in [0.25, 0.3) is 23.9 Å². The van der Waals surface area contributed by atoms with Crippen LogP contribution in [0.5, 0.6) is 0 Å². The van der Waals surface area contributed by atoms with Crippen LogP contribution in [0.15, 0.2) is 92.5 Å². The average molecular weight is 348 g/mol. The summed E-state index contributed by atoms with van der Waals surface area (Å²) in [5.41, 5.74) is 2.26. The maximum atomic E-state index is 5.98. The number of hydrogen-bond donors (Lipinski definition) is 0. The van der Waals surface area contributed by atoms with Gasteiger partial charge in [-0.3, -0.25) is 4.57 Å². The van der Waals surface area contributed by atoms with E-state index in [1.807, 2.05) is 22.8 Å². The van der Waals surface area contributed by atoms with Gasteiger partial charge >= 0.3 is 0 Å². The Bertz CT molecular complexity index is 996. The molecule has 4 radical (unpaired) electrons. The number of allylic oxidation sites excluding steroid dienone is 9. The van der Waals surface area contributed by atoms with Crippen molar-refractivity contribution in [1.29, 1.82) is 0 Å². The Morgan fingerprint density at radius 1 is 0.889 bits per heavy atom. The molecule has 2 nitrogen and oxygen atoms in total. The molecule has 0 atom stereocenters. The molecule has 1 aromatic rings. The molecule has 0 aliphatic carbocycles. The molecule has 0 spiro atoms. The van der Waals surface area contributed by atoms with Crippen LogP contribution in [0, 0.1) is 0 Å². The molecule has 0 saturated heterocycles. The van der Waals surface area contributed by atoms with E-state index in [1.54, 1.807) is 36.5 Å². The second-order valence-electron chi connectivity index (χ2n) is 5.30. The van der Waals surface area contributed by atoms with Gasteiger partial charge in [0, 0.05) is 16.5 Å². The van der Waals surface area contributed by atoms with Crippen molar-refractivity contribution in [3.8, 4) is 0 Å². The van der Waals surface area contributed by atoms with E-state index in [0.717, 1.165) is 21.8 Å². The van der Waals surface area contributed by atoms with E-state index in [1.165, 1.54) is 6.08 Å². The minimum Gasteiger partial charge on any atom is -0.294 e. The van der Waals surface area contributed by atoms with Crippen LogP contribution < -0.4 is 10.6 Å². The summed E-state index contributed by atoms with van der Waals surface area (Å²) in [7, 11) is 11.9. The van der Waals surface area contributed by atoms with E-state index in [4.69, 9.17) is 15.7 Å². The summed E-state index contributed by atoms with van der Waals surface area (Å²) in [5, 5.41) is 1.69. The van der Waals surface area contributed by atoms with E-state index < -0.39 is 0 Å². The quantitative estimate of drug-likeness (QED) is 0.368. The smallest absolute Gasteiger partial charge is 0.144 e. The number of hydrogen-bond acceptors (Lipinski definition) is 1. The largest absolute Gasteiger partial charge is 0.294 e. The maximum Gasteiger partial charge on any atom is 0.144 e. The fraction of sp³-hybridized carbons (Fsp3) is 0. The van der Waals surface area contributed by atoms with Gasteiger partial charge in [0.2, 0.25) is 0 Å². The van der Waals surface area contributed by atoms with Gasteiger partial charge in [-0.25, -0.2) is 4.99 Å². The highest BCUT2D eigenvalue weighted by molar-refractivity contribution is 6.63. The fourth-order valence-corrected chi connectivity index (χ4v) is 2.46. The van der Waals surface area contributed by atoms with Gasteiger partial charge in [0.25, 0.3) is 0 Å². The van der Waals surface area contributed by atoms with Crippen molar-refractivity contribution < 1.29 is 0 Å². The SMILES string of the molecule is [B]C(C=C)=Nc1c(C=C)c(=C/C=C)/c(=C\C=C)n1C(/C=C(/[B])C=C)=C/C=C. The van der Waals surface area contributed by atoms with Crippen LogP contribution in [-0.2, 0) is 0 Å². The molecular weight excluding hydrogens is 326 g/mol. The molecule has 1 rings (SSSR count). The van der Waals surface area contributed by atoms with E-state index in [9.17, 15) is 0 Å². The molecule has 0 saturated carbocycles. The predicted octanol–water partition coefficient (Wildman–Crippen LogP) is 3.71. The molecule has 0 bridgehead atoms. The summed E-state index contributed by atoms with van der Waals surface area (Å²) >= 11 is 0. The summed E-state index contributed by atoms with van der Waals surface area (Å²) in [5.74, 6) is 0.574. The second kappa shape index (κ2) is 10.7. The van der Waals surface area contributed by atoms with Crippen LogP contribution in [0.1, 0.15) is 5.56 Å². The third kappa shape index (κ3) is 5.11. The summed E-state index contributed by atoms with van der Waals surface area (Å²) in [6.07, 6.45) is 17.1. The molecule has 4 heteroatoms. The van der Waals surface area contributed by atoms with Crippen LogP contribution in [0.3, 0.4) is 0 Å². The van der Waals surface area contributed by atoms with Gasteiger partial charge in [-0.05, 0) is 23.8 Å². The molecule has 1 heterocycles. The Balaban J connectivity index is 4.32. The lowest BCUT2D eigenvalue weighted by Gasteiger charge is -2.10. The topological polar surface area (TPSA) is 17.3 Å². The normalized spacial score (nSPS) is 14.0. The Hall–Kier alpha value is -3.26. The Labute approximate surface area is 164 Å². The van der Waals surface area contributed by atoms with E-state index in [2.05, 4.69) is 44.5 Å². The first-order valence-corrected chi connectivity index (χ1v) is 8.20. The van der Waals surface area contributed by atoms with E-state index in [0.29, 0.717) is 11.3 Å². The Morgan fingerprint density at radius 3 is 2.04 bits per heavy atom. The second-order valence-corrected chi connectivity index (χ2v) is 5.30. The molecule has 0 aromatic carbocycles. The molecule has 0 N–H and O–H groups in total. The van der Waals surface area contributed by atoms with Gasteiger partial charge in [-0.2, -0.15) is 0 Å². The highest BCUT2D eigenvalue weighted by atomic mass is 15.1. The lowest BCUT2D eigenvalue weighted by molar-refractivity contribution is 1.06. The number of aliphatic imine (C=N–C) groups is 1. The zero-order chi connectivity index (χ0) is 20.4. The Kier molecular flexibility index (Phi) is 8.61. The molecule has 0 aliphatic heterocycles. The number of rotatable bonds is 9. The van der Waals surface area contributed by atoms with Gasteiger partial charge < -0.3 is 0 Å². The lowest BCUT2D eigenvalue weighted by Crippen LogP contribution is -2.29. The maximum absolute atomic E-state index is 5.98. The summed E-state index contributed by atoms with van der Waals surface area (Å²) in [6.45, 7) is 22.7. The third-order valence-corrected chi connectivity index (χ3v) is 3.57. The van der Waals surface area contributed by atoms with Crippen molar-refractivity contribution in [2.75, 3.05) is 0 Å². The van der Waals surface area contributed by atoms with Gasteiger partial charge in [0.05, 0.1) is 5.35 Å². The standard InChI is InChI=1S/C23H22B2N2/c1-7-13-18(16-17(24)10-4)27-21(15-9-3)20(14-8-2)19(11-5)23(27)26-22(25)12-6/h7-16H,1-6H2/b17-16+,18-13+,20-14-,21-15+,26-22?. The highest BCUT2D eigenvalue weighted by Gasteiger charge is 2.14. The molecule has 27 heavy (non-hydrogen) atoms. The molecule has 0 amide bonds.